The van der Waals surface area contributed by atoms with E-state index in [9.17, 15) is 13.2 Å². The van der Waals surface area contributed by atoms with Crippen LogP contribution in [-0.2, 0) is 12.7 Å². The van der Waals surface area contributed by atoms with Gasteiger partial charge in [-0.05, 0) is 37.2 Å². The molecule has 2 N–H and O–H groups in total. The average molecular weight is 303 g/mol. The van der Waals surface area contributed by atoms with Gasteiger partial charge in [-0.15, -0.1) is 0 Å². The van der Waals surface area contributed by atoms with Crippen LogP contribution < -0.4 is 5.73 Å². The first-order chi connectivity index (χ1) is 9.31. The summed E-state index contributed by atoms with van der Waals surface area (Å²) in [5, 5.41) is 0.407. The molecule has 0 amide bonds. The van der Waals surface area contributed by atoms with E-state index in [1.54, 1.807) is 13.8 Å². The number of pyridine rings is 1. The molecule has 2 aromatic heterocycles. The third-order valence-corrected chi connectivity index (χ3v) is 3.54. The number of halogens is 3. The molecule has 8 heteroatoms. The lowest BCUT2D eigenvalue weighted by molar-refractivity contribution is -0.141. The Kier molecular flexibility index (Phi) is 4.05. The number of aromatic nitrogens is 2. The Morgan fingerprint density at radius 1 is 1.25 bits per heavy atom. The van der Waals surface area contributed by atoms with Gasteiger partial charge >= 0.3 is 6.18 Å². The van der Waals surface area contributed by atoms with Crippen LogP contribution >= 0.6 is 11.8 Å². The molecule has 0 fully saturated rings. The quantitative estimate of drug-likeness (QED) is 0.942. The van der Waals surface area contributed by atoms with Gasteiger partial charge in [0.25, 0.3) is 5.22 Å². The smallest absolute Gasteiger partial charge is 0.433 e. The largest absolute Gasteiger partial charge is 0.436 e. The topological polar surface area (TPSA) is 64.9 Å². The molecule has 20 heavy (non-hydrogen) atoms. The van der Waals surface area contributed by atoms with Crippen LogP contribution in [0.15, 0.2) is 26.8 Å². The van der Waals surface area contributed by atoms with E-state index in [1.807, 2.05) is 0 Å². The lowest BCUT2D eigenvalue weighted by Crippen LogP contribution is -2.10. The van der Waals surface area contributed by atoms with Gasteiger partial charge in [0.1, 0.15) is 16.5 Å². The standard InChI is InChI=1S/C12H12F3N3OS/c1-6-7(2)19-11(17-6)20-10-8(5-16)3-4-9(18-10)12(13,14)15/h3-4H,5,16H2,1-2H3. The van der Waals surface area contributed by atoms with Crippen molar-refractivity contribution in [3.05, 3.63) is 34.8 Å². The molecule has 0 saturated carbocycles. The summed E-state index contributed by atoms with van der Waals surface area (Å²) in [6.07, 6.45) is -4.50. The molecule has 0 radical (unpaired) electrons. The van der Waals surface area contributed by atoms with Crippen LogP contribution in [0.1, 0.15) is 22.7 Å². The molecule has 0 bridgehead atoms. The number of nitrogens with two attached hydrogens (primary N) is 1. The Morgan fingerprint density at radius 2 is 1.95 bits per heavy atom. The highest BCUT2D eigenvalue weighted by molar-refractivity contribution is 7.99. The molecule has 0 aromatic carbocycles. The number of oxazole rings is 1. The molecule has 4 nitrogen and oxygen atoms in total. The zero-order valence-electron chi connectivity index (χ0n) is 10.8. The van der Waals surface area contributed by atoms with Crippen LogP contribution in [0.5, 0.6) is 0 Å². The molecule has 0 aliphatic rings. The molecular weight excluding hydrogens is 291 g/mol. The van der Waals surface area contributed by atoms with E-state index >= 15 is 0 Å². The minimum absolute atomic E-state index is 0.0894. The van der Waals surface area contributed by atoms with Gasteiger partial charge in [0, 0.05) is 6.54 Å². The first-order valence-corrected chi connectivity index (χ1v) is 6.52. The van der Waals surface area contributed by atoms with Gasteiger partial charge in [-0.1, -0.05) is 6.07 Å². The van der Waals surface area contributed by atoms with Gasteiger partial charge in [-0.25, -0.2) is 9.97 Å². The van der Waals surface area contributed by atoms with E-state index in [4.69, 9.17) is 10.2 Å². The fraction of sp³-hybridized carbons (Fsp3) is 0.333. The van der Waals surface area contributed by atoms with Crippen molar-refractivity contribution in [2.24, 2.45) is 5.73 Å². The fourth-order valence-electron chi connectivity index (χ4n) is 1.44. The van der Waals surface area contributed by atoms with Gasteiger partial charge in [0.2, 0.25) is 0 Å². The minimum atomic E-state index is -4.50. The van der Waals surface area contributed by atoms with Crippen molar-refractivity contribution in [3.63, 3.8) is 0 Å². The van der Waals surface area contributed by atoms with Crippen molar-refractivity contribution in [1.82, 2.24) is 9.97 Å². The van der Waals surface area contributed by atoms with Crippen molar-refractivity contribution in [2.45, 2.75) is 36.8 Å². The first kappa shape index (κ1) is 14.9. The van der Waals surface area contributed by atoms with Crippen molar-refractivity contribution in [1.29, 1.82) is 0 Å². The number of hydrogen-bond donors (Lipinski definition) is 1. The van der Waals surface area contributed by atoms with Gasteiger partial charge in [-0.2, -0.15) is 13.2 Å². The van der Waals surface area contributed by atoms with Gasteiger partial charge in [0.15, 0.2) is 0 Å². The second-order valence-corrected chi connectivity index (χ2v) is 5.03. The highest BCUT2D eigenvalue weighted by Gasteiger charge is 2.33. The number of nitrogens with zero attached hydrogens (tertiary/aromatic N) is 2. The molecule has 108 valence electrons. The first-order valence-electron chi connectivity index (χ1n) is 5.70. The van der Waals surface area contributed by atoms with E-state index in [-0.39, 0.29) is 16.8 Å². The molecular formula is C12H12F3N3OS. The Labute approximate surface area is 117 Å². The molecule has 0 aliphatic carbocycles. The molecule has 2 rings (SSSR count). The number of aryl methyl sites for hydroxylation is 2. The van der Waals surface area contributed by atoms with Crippen LogP contribution in [0.25, 0.3) is 0 Å². The van der Waals surface area contributed by atoms with Crippen molar-refractivity contribution in [3.8, 4) is 0 Å². The highest BCUT2D eigenvalue weighted by atomic mass is 32.2. The molecule has 0 aliphatic heterocycles. The Hall–Kier alpha value is -1.54. The van der Waals surface area contributed by atoms with Crippen LogP contribution in [0.2, 0.25) is 0 Å². The van der Waals surface area contributed by atoms with Gasteiger partial charge in [-0.3, -0.25) is 0 Å². The second-order valence-electron chi connectivity index (χ2n) is 4.09. The molecule has 2 heterocycles. The Morgan fingerprint density at radius 3 is 2.45 bits per heavy atom. The minimum Gasteiger partial charge on any atom is -0.436 e. The normalized spacial score (nSPS) is 11.9. The van der Waals surface area contributed by atoms with Crippen LogP contribution in [0, 0.1) is 13.8 Å². The Bertz CT molecular complexity index is 605. The predicted octanol–water partition coefficient (Wildman–Crippen LogP) is 3.32. The predicted molar refractivity (Wildman–Crippen MR) is 67.2 cm³/mol. The van der Waals surface area contributed by atoms with E-state index in [0.717, 1.165) is 17.8 Å². The fourth-order valence-corrected chi connectivity index (χ4v) is 2.38. The summed E-state index contributed by atoms with van der Waals surface area (Å²) in [5.74, 6) is 0.619. The van der Waals surface area contributed by atoms with Crippen molar-refractivity contribution < 1.29 is 17.6 Å². The summed E-state index contributed by atoms with van der Waals surface area (Å²) in [6, 6.07) is 2.24. The Balaban J connectivity index is 2.38. The maximum atomic E-state index is 12.7. The van der Waals surface area contributed by atoms with Crippen LogP contribution in [0.3, 0.4) is 0 Å². The maximum Gasteiger partial charge on any atom is 0.433 e. The lowest BCUT2D eigenvalue weighted by Gasteiger charge is -2.09. The van der Waals surface area contributed by atoms with Gasteiger partial charge < -0.3 is 10.2 Å². The third-order valence-electron chi connectivity index (χ3n) is 2.64. The zero-order valence-corrected chi connectivity index (χ0v) is 11.6. The van der Waals surface area contributed by atoms with Crippen molar-refractivity contribution >= 4 is 11.8 Å². The number of alkyl halides is 3. The van der Waals surface area contributed by atoms with Crippen molar-refractivity contribution in [2.75, 3.05) is 0 Å². The molecule has 2 aromatic rings. The summed E-state index contributed by atoms with van der Waals surface area (Å²) in [5.41, 5.74) is 5.75. The van der Waals surface area contributed by atoms with Gasteiger partial charge in [0.05, 0.1) is 5.69 Å². The van der Waals surface area contributed by atoms with Crippen LogP contribution in [0.4, 0.5) is 13.2 Å². The highest BCUT2D eigenvalue weighted by Crippen LogP contribution is 2.33. The lowest BCUT2D eigenvalue weighted by atomic mass is 10.2. The summed E-state index contributed by atoms with van der Waals surface area (Å²) < 4.78 is 43.3. The molecule has 0 saturated heterocycles. The van der Waals surface area contributed by atoms with E-state index in [2.05, 4.69) is 9.97 Å². The van der Waals surface area contributed by atoms with E-state index < -0.39 is 11.9 Å². The SMILES string of the molecule is Cc1nc(Sc2nc(C(F)(F)F)ccc2CN)oc1C. The number of rotatable bonds is 3. The summed E-state index contributed by atoms with van der Waals surface area (Å²) in [7, 11) is 0. The monoisotopic (exact) mass is 303 g/mol. The molecule has 0 unspecified atom stereocenters. The summed E-state index contributed by atoms with van der Waals surface area (Å²) in [4.78, 5) is 7.71. The summed E-state index contributed by atoms with van der Waals surface area (Å²) in [6.45, 7) is 3.58. The second kappa shape index (κ2) is 5.45. The van der Waals surface area contributed by atoms with E-state index in [0.29, 0.717) is 17.0 Å². The number of hydrogen-bond acceptors (Lipinski definition) is 5. The molecule has 0 atom stereocenters. The molecule has 0 spiro atoms. The maximum absolute atomic E-state index is 12.7. The third kappa shape index (κ3) is 3.13. The zero-order chi connectivity index (χ0) is 14.9. The average Bonchev–Trinajstić information content (AvgIpc) is 2.67. The van der Waals surface area contributed by atoms with E-state index in [1.165, 1.54) is 6.07 Å². The van der Waals surface area contributed by atoms with Crippen LogP contribution in [-0.4, -0.2) is 9.97 Å². The summed E-state index contributed by atoms with van der Waals surface area (Å²) >= 11 is 0.935.